The molecule has 0 radical (unpaired) electrons. The minimum absolute atomic E-state index is 0.0498. The van der Waals surface area contributed by atoms with Crippen LogP contribution in [0.5, 0.6) is 0 Å². The molecule has 3 N–H and O–H groups in total. The Labute approximate surface area is 89.2 Å². The molecule has 0 spiro atoms. The molecule has 0 aromatic heterocycles. The third-order valence-corrected chi connectivity index (χ3v) is 2.52. The van der Waals surface area contributed by atoms with E-state index in [4.69, 9.17) is 22.7 Å². The zero-order valence-corrected chi connectivity index (χ0v) is 9.10. The smallest absolute Gasteiger partial charge is 0.249 e. The lowest BCUT2D eigenvalue weighted by Gasteiger charge is -2.13. The standard InChI is InChI=1S/C9H16N2O2S/c1-6-3-5-13-8(6)9(12)11-4-2-7(10)14/h6,8H,2-5H2,1H3,(H2,10,14)(H,11,12). The summed E-state index contributed by atoms with van der Waals surface area (Å²) in [6, 6.07) is 0. The van der Waals surface area contributed by atoms with Crippen LogP contribution in [0.25, 0.3) is 0 Å². The lowest BCUT2D eigenvalue weighted by Crippen LogP contribution is -2.38. The molecule has 0 saturated carbocycles. The van der Waals surface area contributed by atoms with Crippen molar-refractivity contribution in [1.29, 1.82) is 0 Å². The summed E-state index contributed by atoms with van der Waals surface area (Å²) in [6.07, 6.45) is 1.21. The highest BCUT2D eigenvalue weighted by atomic mass is 32.1. The van der Waals surface area contributed by atoms with Crippen LogP contribution >= 0.6 is 12.2 Å². The van der Waals surface area contributed by atoms with Crippen LogP contribution in [0.1, 0.15) is 19.8 Å². The summed E-state index contributed by atoms with van der Waals surface area (Å²) in [5.41, 5.74) is 5.31. The van der Waals surface area contributed by atoms with Gasteiger partial charge in [0.25, 0.3) is 0 Å². The fourth-order valence-corrected chi connectivity index (χ4v) is 1.54. The Kier molecular flexibility index (Phi) is 4.28. The third kappa shape index (κ3) is 3.23. The average molecular weight is 216 g/mol. The molecule has 1 fully saturated rings. The average Bonchev–Trinajstić information content (AvgIpc) is 2.50. The Morgan fingerprint density at radius 1 is 1.71 bits per heavy atom. The minimum Gasteiger partial charge on any atom is -0.393 e. The zero-order valence-electron chi connectivity index (χ0n) is 8.29. The molecule has 14 heavy (non-hydrogen) atoms. The van der Waals surface area contributed by atoms with E-state index in [1.165, 1.54) is 0 Å². The minimum atomic E-state index is -0.290. The van der Waals surface area contributed by atoms with Crippen LogP contribution in [0.15, 0.2) is 0 Å². The predicted octanol–water partition coefficient (Wildman–Crippen LogP) is 0.204. The second kappa shape index (κ2) is 5.26. The molecule has 1 amide bonds. The molecule has 80 valence electrons. The van der Waals surface area contributed by atoms with E-state index in [0.29, 0.717) is 30.5 Å². The van der Waals surface area contributed by atoms with Gasteiger partial charge in [-0.25, -0.2) is 0 Å². The van der Waals surface area contributed by atoms with Crippen molar-refractivity contribution in [2.45, 2.75) is 25.9 Å². The Hall–Kier alpha value is -0.680. The van der Waals surface area contributed by atoms with Gasteiger partial charge in [-0.3, -0.25) is 4.79 Å². The summed E-state index contributed by atoms with van der Waals surface area (Å²) in [6.45, 7) is 3.19. The highest BCUT2D eigenvalue weighted by Crippen LogP contribution is 2.19. The summed E-state index contributed by atoms with van der Waals surface area (Å²) in [5, 5.41) is 2.75. The van der Waals surface area contributed by atoms with Crippen LogP contribution in [-0.4, -0.2) is 30.2 Å². The Balaban J connectivity index is 2.24. The van der Waals surface area contributed by atoms with Gasteiger partial charge in [0.05, 0.1) is 4.99 Å². The van der Waals surface area contributed by atoms with E-state index in [-0.39, 0.29) is 12.0 Å². The summed E-state index contributed by atoms with van der Waals surface area (Å²) >= 11 is 4.70. The van der Waals surface area contributed by atoms with Crippen LogP contribution in [-0.2, 0) is 9.53 Å². The molecule has 1 rings (SSSR count). The van der Waals surface area contributed by atoms with Crippen molar-refractivity contribution in [3.63, 3.8) is 0 Å². The molecule has 2 unspecified atom stereocenters. The molecule has 0 aliphatic carbocycles. The second-order valence-electron chi connectivity index (χ2n) is 3.56. The first-order chi connectivity index (χ1) is 6.61. The van der Waals surface area contributed by atoms with Crippen LogP contribution in [0.3, 0.4) is 0 Å². The van der Waals surface area contributed by atoms with Crippen molar-refractivity contribution in [1.82, 2.24) is 5.32 Å². The monoisotopic (exact) mass is 216 g/mol. The molecule has 1 saturated heterocycles. The fraction of sp³-hybridized carbons (Fsp3) is 0.778. The molecule has 0 aromatic rings. The second-order valence-corrected chi connectivity index (χ2v) is 4.09. The maximum Gasteiger partial charge on any atom is 0.249 e. The van der Waals surface area contributed by atoms with Gasteiger partial charge in [-0.1, -0.05) is 19.1 Å². The van der Waals surface area contributed by atoms with Crippen molar-refractivity contribution in [3.05, 3.63) is 0 Å². The van der Waals surface area contributed by atoms with E-state index < -0.39 is 0 Å². The van der Waals surface area contributed by atoms with Gasteiger partial charge in [0.2, 0.25) is 5.91 Å². The highest BCUT2D eigenvalue weighted by Gasteiger charge is 2.30. The largest absolute Gasteiger partial charge is 0.393 e. The lowest BCUT2D eigenvalue weighted by atomic mass is 10.0. The number of hydrogen-bond donors (Lipinski definition) is 2. The number of thiocarbonyl (C=S) groups is 1. The number of amides is 1. The van der Waals surface area contributed by atoms with Crippen LogP contribution in [0.4, 0.5) is 0 Å². The number of nitrogens with two attached hydrogens (primary N) is 1. The zero-order chi connectivity index (χ0) is 10.6. The van der Waals surface area contributed by atoms with Crippen LogP contribution < -0.4 is 11.1 Å². The first kappa shape index (κ1) is 11.4. The number of carbonyl (C=O) groups is 1. The molecule has 1 aliphatic rings. The van der Waals surface area contributed by atoms with Gasteiger partial charge in [-0.05, 0) is 12.3 Å². The number of nitrogens with one attached hydrogen (secondary N) is 1. The summed E-state index contributed by atoms with van der Waals surface area (Å²) in [7, 11) is 0. The molecule has 1 aliphatic heterocycles. The van der Waals surface area contributed by atoms with E-state index in [9.17, 15) is 4.79 Å². The Morgan fingerprint density at radius 2 is 2.43 bits per heavy atom. The number of hydrogen-bond acceptors (Lipinski definition) is 3. The molecule has 5 heteroatoms. The summed E-state index contributed by atoms with van der Waals surface area (Å²) in [5.74, 6) is 0.256. The molecule has 0 bridgehead atoms. The molecule has 0 aromatic carbocycles. The molecule has 2 atom stereocenters. The quantitative estimate of drug-likeness (QED) is 0.659. The van der Waals surface area contributed by atoms with E-state index in [0.717, 1.165) is 6.42 Å². The van der Waals surface area contributed by atoms with Crippen molar-refractivity contribution in [2.75, 3.05) is 13.2 Å². The topological polar surface area (TPSA) is 64.3 Å². The van der Waals surface area contributed by atoms with E-state index in [2.05, 4.69) is 5.32 Å². The first-order valence-corrected chi connectivity index (χ1v) is 5.19. The molecular formula is C9H16N2O2S. The van der Waals surface area contributed by atoms with Gasteiger partial charge in [-0.2, -0.15) is 0 Å². The third-order valence-electron chi connectivity index (χ3n) is 2.32. The van der Waals surface area contributed by atoms with Gasteiger partial charge in [0.1, 0.15) is 6.10 Å². The van der Waals surface area contributed by atoms with Crippen LogP contribution in [0, 0.1) is 5.92 Å². The SMILES string of the molecule is CC1CCOC1C(=O)NCCC(N)=S. The highest BCUT2D eigenvalue weighted by molar-refractivity contribution is 7.80. The first-order valence-electron chi connectivity index (χ1n) is 4.79. The van der Waals surface area contributed by atoms with Gasteiger partial charge < -0.3 is 15.8 Å². The van der Waals surface area contributed by atoms with Crippen molar-refractivity contribution >= 4 is 23.1 Å². The Bertz CT molecular complexity index is 233. The van der Waals surface area contributed by atoms with E-state index >= 15 is 0 Å². The normalized spacial score (nSPS) is 26.1. The van der Waals surface area contributed by atoms with Crippen molar-refractivity contribution < 1.29 is 9.53 Å². The molecule has 1 heterocycles. The van der Waals surface area contributed by atoms with Crippen molar-refractivity contribution in [2.24, 2.45) is 11.7 Å². The number of ether oxygens (including phenoxy) is 1. The lowest BCUT2D eigenvalue weighted by molar-refractivity contribution is -0.131. The maximum atomic E-state index is 11.5. The molecule has 4 nitrogen and oxygen atoms in total. The fourth-order valence-electron chi connectivity index (χ4n) is 1.44. The van der Waals surface area contributed by atoms with Crippen LogP contribution in [0.2, 0.25) is 0 Å². The predicted molar refractivity (Wildman–Crippen MR) is 57.9 cm³/mol. The van der Waals surface area contributed by atoms with Gasteiger partial charge in [0, 0.05) is 19.6 Å². The molecular weight excluding hydrogens is 200 g/mol. The van der Waals surface area contributed by atoms with Crippen molar-refractivity contribution in [3.8, 4) is 0 Å². The number of rotatable bonds is 4. The van der Waals surface area contributed by atoms with E-state index in [1.807, 2.05) is 6.92 Å². The van der Waals surface area contributed by atoms with Gasteiger partial charge in [-0.15, -0.1) is 0 Å². The summed E-state index contributed by atoms with van der Waals surface area (Å²) in [4.78, 5) is 11.9. The van der Waals surface area contributed by atoms with Gasteiger partial charge in [0.15, 0.2) is 0 Å². The maximum absolute atomic E-state index is 11.5. The summed E-state index contributed by atoms with van der Waals surface area (Å²) < 4.78 is 5.31. The van der Waals surface area contributed by atoms with Gasteiger partial charge >= 0.3 is 0 Å². The Morgan fingerprint density at radius 3 is 2.93 bits per heavy atom. The number of carbonyl (C=O) groups excluding carboxylic acids is 1. The van der Waals surface area contributed by atoms with E-state index in [1.54, 1.807) is 0 Å².